The summed E-state index contributed by atoms with van der Waals surface area (Å²) in [6.45, 7) is 4.25. The van der Waals surface area contributed by atoms with Crippen molar-refractivity contribution >= 4 is 21.5 Å². The number of rotatable bonds is 1. The van der Waals surface area contributed by atoms with Crippen LogP contribution in [0.1, 0.15) is 33.7 Å². The molecule has 0 radical (unpaired) electrons. The molecular weight excluding hydrogens is 396 g/mol. The minimum atomic E-state index is -0.107. The number of phenolic OH excluding ortho intramolecular Hbond substituents is 2. The second kappa shape index (κ2) is 6.76. The maximum atomic E-state index is 10.3. The zero-order chi connectivity index (χ0) is 22.0. The van der Waals surface area contributed by atoms with Gasteiger partial charge in [-0.3, -0.25) is 0 Å². The first-order chi connectivity index (χ1) is 15.5. The quantitative estimate of drug-likeness (QED) is 0.294. The summed E-state index contributed by atoms with van der Waals surface area (Å²) in [5.41, 5.74) is 5.69. The third-order valence-corrected chi connectivity index (χ3v) is 6.68. The fourth-order valence-corrected chi connectivity index (χ4v) is 4.94. The molecule has 0 bridgehead atoms. The fraction of sp³-hybridized carbons (Fsp3) is 0.103. The predicted molar refractivity (Wildman–Crippen MR) is 128 cm³/mol. The lowest BCUT2D eigenvalue weighted by Crippen LogP contribution is -2.13. The van der Waals surface area contributed by atoms with Crippen LogP contribution >= 0.6 is 0 Å². The van der Waals surface area contributed by atoms with E-state index >= 15 is 0 Å². The summed E-state index contributed by atoms with van der Waals surface area (Å²) >= 11 is 0. The van der Waals surface area contributed by atoms with Gasteiger partial charge in [0.2, 0.25) is 0 Å². The molecule has 0 amide bonds. The predicted octanol–water partition coefficient (Wildman–Crippen LogP) is 7.31. The molecule has 0 spiro atoms. The molecule has 3 nitrogen and oxygen atoms in total. The van der Waals surface area contributed by atoms with Crippen molar-refractivity contribution < 1.29 is 14.9 Å². The zero-order valence-electron chi connectivity index (χ0n) is 17.9. The van der Waals surface area contributed by atoms with E-state index in [0.717, 1.165) is 49.7 Å². The molecule has 32 heavy (non-hydrogen) atoms. The van der Waals surface area contributed by atoms with Gasteiger partial charge in [0.1, 0.15) is 23.0 Å². The summed E-state index contributed by atoms with van der Waals surface area (Å²) < 4.78 is 6.42. The highest BCUT2D eigenvalue weighted by atomic mass is 16.5. The minimum Gasteiger partial charge on any atom is -0.508 e. The molecule has 3 heteroatoms. The maximum absolute atomic E-state index is 10.3. The van der Waals surface area contributed by atoms with Crippen molar-refractivity contribution in [1.29, 1.82) is 0 Å². The number of hydrogen-bond donors (Lipinski definition) is 2. The number of ether oxygens (including phenoxy) is 1. The van der Waals surface area contributed by atoms with Crippen molar-refractivity contribution in [1.82, 2.24) is 0 Å². The molecule has 5 aromatic rings. The minimum absolute atomic E-state index is 0.107. The van der Waals surface area contributed by atoms with Crippen LogP contribution in [0.2, 0.25) is 0 Å². The summed E-state index contributed by atoms with van der Waals surface area (Å²) in [5.74, 6) is 1.93. The van der Waals surface area contributed by atoms with Crippen molar-refractivity contribution in [2.24, 2.45) is 0 Å². The first-order valence-electron chi connectivity index (χ1n) is 10.8. The Kier molecular flexibility index (Phi) is 3.96. The fourth-order valence-electron chi connectivity index (χ4n) is 4.94. The van der Waals surface area contributed by atoms with Gasteiger partial charge < -0.3 is 14.9 Å². The lowest BCUT2D eigenvalue weighted by Gasteiger charge is -2.31. The topological polar surface area (TPSA) is 49.7 Å². The zero-order valence-corrected chi connectivity index (χ0v) is 17.9. The van der Waals surface area contributed by atoms with Gasteiger partial charge in [-0.15, -0.1) is 0 Å². The molecule has 2 N–H and O–H groups in total. The molecule has 0 fully saturated rings. The van der Waals surface area contributed by atoms with Crippen LogP contribution in [0.5, 0.6) is 23.0 Å². The standard InChI is InChI=1S/C29H22O3/c1-16-3-4-20(13-17(16)2)27-28-23-14-21(30)9-5-18(23)7-11-25(28)32-26-12-8-19-6-10-22(31)15-24(19)29(26)27/h3-15,27,30-31H,1-2H3. The van der Waals surface area contributed by atoms with Gasteiger partial charge >= 0.3 is 0 Å². The highest BCUT2D eigenvalue weighted by Gasteiger charge is 2.32. The molecule has 0 aliphatic carbocycles. The largest absolute Gasteiger partial charge is 0.508 e. The van der Waals surface area contributed by atoms with Gasteiger partial charge in [0.25, 0.3) is 0 Å². The lowest BCUT2D eigenvalue weighted by molar-refractivity contribution is 0.455. The van der Waals surface area contributed by atoms with Crippen molar-refractivity contribution in [3.05, 3.63) is 107 Å². The molecule has 0 atom stereocenters. The van der Waals surface area contributed by atoms with Gasteiger partial charge in [-0.25, -0.2) is 0 Å². The average molecular weight is 418 g/mol. The Labute approximate surface area is 186 Å². The molecule has 6 rings (SSSR count). The summed E-state index contributed by atoms with van der Waals surface area (Å²) in [6.07, 6.45) is 0. The van der Waals surface area contributed by atoms with Crippen molar-refractivity contribution in [2.75, 3.05) is 0 Å². The summed E-state index contributed by atoms with van der Waals surface area (Å²) in [5, 5.41) is 24.6. The smallest absolute Gasteiger partial charge is 0.132 e. The van der Waals surface area contributed by atoms with E-state index < -0.39 is 0 Å². The summed E-state index contributed by atoms with van der Waals surface area (Å²) in [7, 11) is 0. The van der Waals surface area contributed by atoms with Gasteiger partial charge in [-0.05, 0) is 88.5 Å². The van der Waals surface area contributed by atoms with Crippen molar-refractivity contribution in [2.45, 2.75) is 19.8 Å². The monoisotopic (exact) mass is 418 g/mol. The number of aryl methyl sites for hydroxylation is 2. The highest BCUT2D eigenvalue weighted by molar-refractivity contribution is 5.96. The molecular formula is C29H22O3. The molecule has 0 aromatic heterocycles. The maximum Gasteiger partial charge on any atom is 0.132 e. The first-order valence-corrected chi connectivity index (χ1v) is 10.8. The van der Waals surface area contributed by atoms with Crippen LogP contribution < -0.4 is 4.74 Å². The van der Waals surface area contributed by atoms with Crippen LogP contribution in [0.3, 0.4) is 0 Å². The Morgan fingerprint density at radius 2 is 1.12 bits per heavy atom. The molecule has 1 aliphatic rings. The first kappa shape index (κ1) is 18.8. The van der Waals surface area contributed by atoms with Crippen molar-refractivity contribution in [3.8, 4) is 23.0 Å². The summed E-state index contributed by atoms with van der Waals surface area (Å²) in [4.78, 5) is 0. The molecule has 5 aromatic carbocycles. The normalized spacial score (nSPS) is 13.1. The van der Waals surface area contributed by atoms with E-state index in [4.69, 9.17) is 4.74 Å². The number of aromatic hydroxyl groups is 2. The van der Waals surface area contributed by atoms with Crippen LogP contribution in [0, 0.1) is 13.8 Å². The van der Waals surface area contributed by atoms with E-state index in [9.17, 15) is 10.2 Å². The van der Waals surface area contributed by atoms with E-state index in [1.54, 1.807) is 12.1 Å². The second-order valence-corrected chi connectivity index (χ2v) is 8.64. The second-order valence-electron chi connectivity index (χ2n) is 8.64. The molecule has 1 aliphatic heterocycles. The van der Waals surface area contributed by atoms with Gasteiger partial charge in [-0.2, -0.15) is 0 Å². The molecule has 0 unspecified atom stereocenters. The number of hydrogen-bond acceptors (Lipinski definition) is 3. The van der Waals surface area contributed by atoms with E-state index in [1.807, 2.05) is 48.5 Å². The average Bonchev–Trinajstić information content (AvgIpc) is 2.79. The Bertz CT molecular complexity index is 1460. The van der Waals surface area contributed by atoms with Gasteiger partial charge in [0.15, 0.2) is 0 Å². The van der Waals surface area contributed by atoms with Crippen LogP contribution in [-0.2, 0) is 0 Å². The van der Waals surface area contributed by atoms with E-state index in [1.165, 1.54) is 11.1 Å². The van der Waals surface area contributed by atoms with Crippen LogP contribution in [0.4, 0.5) is 0 Å². The molecule has 156 valence electrons. The number of phenols is 2. The van der Waals surface area contributed by atoms with Crippen molar-refractivity contribution in [3.63, 3.8) is 0 Å². The van der Waals surface area contributed by atoms with Crippen LogP contribution in [0.25, 0.3) is 21.5 Å². The SMILES string of the molecule is Cc1ccc(C2c3c(ccc4ccc(O)cc34)Oc3ccc4ccc(O)cc4c32)cc1C. The van der Waals surface area contributed by atoms with E-state index in [-0.39, 0.29) is 17.4 Å². The van der Waals surface area contributed by atoms with Gasteiger partial charge in [0, 0.05) is 17.0 Å². The Balaban J connectivity index is 1.76. The molecule has 0 saturated carbocycles. The van der Waals surface area contributed by atoms with Crippen LogP contribution in [-0.4, -0.2) is 10.2 Å². The number of benzene rings is 5. The summed E-state index contributed by atoms with van der Waals surface area (Å²) in [6, 6.07) is 25.6. The lowest BCUT2D eigenvalue weighted by atomic mass is 9.78. The highest BCUT2D eigenvalue weighted by Crippen LogP contribution is 2.52. The Morgan fingerprint density at radius 1 is 0.594 bits per heavy atom. The molecule has 0 saturated heterocycles. The van der Waals surface area contributed by atoms with Gasteiger partial charge in [0.05, 0.1) is 0 Å². The van der Waals surface area contributed by atoms with E-state index in [2.05, 4.69) is 32.0 Å². The van der Waals surface area contributed by atoms with Crippen LogP contribution in [0.15, 0.2) is 78.9 Å². The Morgan fingerprint density at radius 3 is 1.66 bits per heavy atom. The van der Waals surface area contributed by atoms with E-state index in [0.29, 0.717) is 0 Å². The number of fused-ring (bicyclic) bond motifs is 6. The Hall–Kier alpha value is -3.98. The molecule has 1 heterocycles. The third-order valence-electron chi connectivity index (χ3n) is 6.68. The third kappa shape index (κ3) is 2.75. The van der Waals surface area contributed by atoms with Gasteiger partial charge in [-0.1, -0.05) is 42.5 Å².